The van der Waals surface area contributed by atoms with E-state index in [1.54, 1.807) is 6.20 Å². The first-order chi connectivity index (χ1) is 9.74. The molecule has 2 aliphatic rings. The molecule has 3 rings (SSSR count). The molecule has 2 fully saturated rings. The summed E-state index contributed by atoms with van der Waals surface area (Å²) in [5, 5.41) is 0. The second-order valence-corrected chi connectivity index (χ2v) is 5.50. The van der Waals surface area contributed by atoms with Crippen molar-refractivity contribution >= 4 is 11.7 Å². The lowest BCUT2D eigenvalue weighted by Gasteiger charge is -2.34. The molecule has 3 heterocycles. The zero-order valence-corrected chi connectivity index (χ0v) is 11.5. The number of anilines is 1. The van der Waals surface area contributed by atoms with E-state index in [-0.39, 0.29) is 5.69 Å². The van der Waals surface area contributed by atoms with Crippen LogP contribution in [0.5, 0.6) is 0 Å². The first kappa shape index (κ1) is 13.3. The highest BCUT2D eigenvalue weighted by atomic mass is 16.5. The lowest BCUT2D eigenvalue weighted by atomic mass is 9.90. The number of carbonyl (C=O) groups is 1. The summed E-state index contributed by atoms with van der Waals surface area (Å²) in [5.41, 5.74) is 5.47. The molecule has 2 N–H and O–H groups in total. The Balaban J connectivity index is 1.62. The molecule has 1 aromatic heterocycles. The number of rotatable bonds is 3. The lowest BCUT2D eigenvalue weighted by molar-refractivity contribution is 0.0531. The van der Waals surface area contributed by atoms with Crippen LogP contribution in [0.15, 0.2) is 12.4 Å². The number of carbonyl (C=O) groups excluding carboxylic acids is 1. The number of aromatic nitrogens is 2. The molecular formula is C14H20N4O2. The number of nitrogens with two attached hydrogens (primary N) is 1. The third kappa shape index (κ3) is 2.75. The van der Waals surface area contributed by atoms with Gasteiger partial charge in [0.1, 0.15) is 11.5 Å². The lowest BCUT2D eigenvalue weighted by Crippen LogP contribution is -2.38. The maximum absolute atomic E-state index is 11.1. The minimum atomic E-state index is -0.534. The average Bonchev–Trinajstić information content (AvgIpc) is 3.02. The van der Waals surface area contributed by atoms with E-state index in [9.17, 15) is 4.79 Å². The van der Waals surface area contributed by atoms with Gasteiger partial charge in [-0.1, -0.05) is 0 Å². The normalized spacial score (nSPS) is 24.0. The second kappa shape index (κ2) is 5.75. The maximum Gasteiger partial charge on any atom is 0.268 e. The third-order valence-electron chi connectivity index (χ3n) is 4.23. The van der Waals surface area contributed by atoms with Gasteiger partial charge in [-0.15, -0.1) is 0 Å². The van der Waals surface area contributed by atoms with E-state index in [0.717, 1.165) is 38.4 Å². The molecule has 1 unspecified atom stereocenters. The fourth-order valence-electron chi connectivity index (χ4n) is 3.10. The van der Waals surface area contributed by atoms with Gasteiger partial charge in [0.05, 0.1) is 18.5 Å². The van der Waals surface area contributed by atoms with E-state index in [4.69, 9.17) is 10.5 Å². The van der Waals surface area contributed by atoms with Crippen LogP contribution in [0.3, 0.4) is 0 Å². The van der Waals surface area contributed by atoms with Gasteiger partial charge in [-0.2, -0.15) is 0 Å². The molecule has 0 radical (unpaired) electrons. The van der Waals surface area contributed by atoms with Crippen molar-refractivity contribution in [2.75, 3.05) is 24.6 Å². The van der Waals surface area contributed by atoms with Crippen molar-refractivity contribution in [2.24, 2.45) is 11.7 Å². The number of ether oxygens (including phenoxy) is 1. The summed E-state index contributed by atoms with van der Waals surface area (Å²) in [5.74, 6) is 0.863. The monoisotopic (exact) mass is 276 g/mol. The number of hydrogen-bond acceptors (Lipinski definition) is 5. The van der Waals surface area contributed by atoms with Gasteiger partial charge in [-0.05, 0) is 31.6 Å². The van der Waals surface area contributed by atoms with E-state index < -0.39 is 5.91 Å². The van der Waals surface area contributed by atoms with Crippen molar-refractivity contribution in [1.29, 1.82) is 0 Å². The number of primary amides is 1. The van der Waals surface area contributed by atoms with E-state index >= 15 is 0 Å². The van der Waals surface area contributed by atoms with Crippen molar-refractivity contribution in [1.82, 2.24) is 9.97 Å². The Kier molecular flexibility index (Phi) is 3.82. The molecule has 2 saturated heterocycles. The van der Waals surface area contributed by atoms with Crippen LogP contribution in [0.4, 0.5) is 5.82 Å². The molecule has 0 aliphatic carbocycles. The molecule has 2 aliphatic heterocycles. The molecule has 0 spiro atoms. The Bertz CT molecular complexity index is 480. The number of hydrogen-bond donors (Lipinski definition) is 1. The summed E-state index contributed by atoms with van der Waals surface area (Å²) in [7, 11) is 0. The van der Waals surface area contributed by atoms with Gasteiger partial charge in [-0.3, -0.25) is 9.78 Å². The van der Waals surface area contributed by atoms with Crippen LogP contribution >= 0.6 is 0 Å². The largest absolute Gasteiger partial charge is 0.378 e. The van der Waals surface area contributed by atoms with Crippen LogP contribution in [0.25, 0.3) is 0 Å². The van der Waals surface area contributed by atoms with Gasteiger partial charge in [0.25, 0.3) is 5.91 Å². The van der Waals surface area contributed by atoms with E-state index in [2.05, 4.69) is 14.9 Å². The quantitative estimate of drug-likeness (QED) is 0.889. The predicted octanol–water partition coefficient (Wildman–Crippen LogP) is 0.971. The molecule has 6 nitrogen and oxygen atoms in total. The van der Waals surface area contributed by atoms with Crippen molar-refractivity contribution in [3.05, 3.63) is 18.1 Å². The van der Waals surface area contributed by atoms with Gasteiger partial charge >= 0.3 is 0 Å². The Morgan fingerprint density at radius 1 is 1.30 bits per heavy atom. The van der Waals surface area contributed by atoms with Crippen LogP contribution in [0, 0.1) is 5.92 Å². The Hall–Kier alpha value is -1.69. The minimum absolute atomic E-state index is 0.226. The van der Waals surface area contributed by atoms with Crippen LogP contribution in [0.1, 0.15) is 36.2 Å². The van der Waals surface area contributed by atoms with E-state index in [0.29, 0.717) is 12.0 Å². The molecule has 6 heteroatoms. The second-order valence-electron chi connectivity index (χ2n) is 5.50. The third-order valence-corrected chi connectivity index (χ3v) is 4.23. The highest BCUT2D eigenvalue weighted by Crippen LogP contribution is 2.30. The zero-order valence-electron chi connectivity index (χ0n) is 11.5. The molecule has 0 saturated carbocycles. The topological polar surface area (TPSA) is 81.3 Å². The van der Waals surface area contributed by atoms with Gasteiger partial charge < -0.3 is 15.4 Å². The average molecular weight is 276 g/mol. The summed E-state index contributed by atoms with van der Waals surface area (Å²) in [6, 6.07) is 0. The van der Waals surface area contributed by atoms with E-state index in [1.807, 2.05) is 0 Å². The molecule has 1 atom stereocenters. The van der Waals surface area contributed by atoms with Gasteiger partial charge in [0.2, 0.25) is 0 Å². The standard InChI is InChI=1S/C14H20N4O2/c15-14(19)11-8-16-9-13(17-11)18-5-3-10(4-6-18)12-2-1-7-20-12/h8-10,12H,1-7H2,(H2,15,19). The Morgan fingerprint density at radius 2 is 2.10 bits per heavy atom. The van der Waals surface area contributed by atoms with Crippen LogP contribution in [-0.4, -0.2) is 41.7 Å². The Labute approximate surface area is 118 Å². The summed E-state index contributed by atoms with van der Waals surface area (Å²) >= 11 is 0. The summed E-state index contributed by atoms with van der Waals surface area (Å²) < 4.78 is 5.78. The van der Waals surface area contributed by atoms with Gasteiger partial charge in [0, 0.05) is 19.7 Å². The molecule has 0 aromatic carbocycles. The van der Waals surface area contributed by atoms with Crippen molar-refractivity contribution < 1.29 is 9.53 Å². The summed E-state index contributed by atoms with van der Waals surface area (Å²) in [6.45, 7) is 2.78. The van der Waals surface area contributed by atoms with Crippen LogP contribution in [-0.2, 0) is 4.74 Å². The predicted molar refractivity (Wildman–Crippen MR) is 74.5 cm³/mol. The SMILES string of the molecule is NC(=O)c1cncc(N2CCC(C3CCCO3)CC2)n1. The molecule has 108 valence electrons. The van der Waals surface area contributed by atoms with Crippen molar-refractivity contribution in [3.63, 3.8) is 0 Å². The first-order valence-corrected chi connectivity index (χ1v) is 7.22. The smallest absolute Gasteiger partial charge is 0.268 e. The highest BCUT2D eigenvalue weighted by Gasteiger charge is 2.29. The fraction of sp³-hybridized carbons (Fsp3) is 0.643. The van der Waals surface area contributed by atoms with Gasteiger partial charge in [-0.25, -0.2) is 4.98 Å². The fourth-order valence-corrected chi connectivity index (χ4v) is 3.10. The molecule has 1 amide bonds. The van der Waals surface area contributed by atoms with Gasteiger partial charge in [0.15, 0.2) is 0 Å². The molecule has 20 heavy (non-hydrogen) atoms. The first-order valence-electron chi connectivity index (χ1n) is 7.22. The van der Waals surface area contributed by atoms with E-state index in [1.165, 1.54) is 19.0 Å². The molecular weight excluding hydrogens is 256 g/mol. The number of amides is 1. The number of piperidine rings is 1. The van der Waals surface area contributed by atoms with Crippen LogP contribution < -0.4 is 10.6 Å². The van der Waals surface area contributed by atoms with Crippen molar-refractivity contribution in [2.45, 2.75) is 31.8 Å². The number of nitrogens with zero attached hydrogens (tertiary/aromatic N) is 3. The zero-order chi connectivity index (χ0) is 13.9. The maximum atomic E-state index is 11.1. The Morgan fingerprint density at radius 3 is 2.75 bits per heavy atom. The van der Waals surface area contributed by atoms with Crippen molar-refractivity contribution in [3.8, 4) is 0 Å². The highest BCUT2D eigenvalue weighted by molar-refractivity contribution is 5.90. The summed E-state index contributed by atoms with van der Waals surface area (Å²) in [4.78, 5) is 21.6. The minimum Gasteiger partial charge on any atom is -0.378 e. The molecule has 0 bridgehead atoms. The molecule has 1 aromatic rings. The summed E-state index contributed by atoms with van der Waals surface area (Å²) in [6.07, 6.45) is 8.14. The van der Waals surface area contributed by atoms with Crippen LogP contribution in [0.2, 0.25) is 0 Å².